The molecule has 18 heavy (non-hydrogen) atoms. The minimum atomic E-state index is 0.0419. The Bertz CT molecular complexity index is 433. The number of hydrogen-bond acceptors (Lipinski definition) is 4. The lowest BCUT2D eigenvalue weighted by Gasteiger charge is -2.19. The molecule has 98 valence electrons. The summed E-state index contributed by atoms with van der Waals surface area (Å²) in [6, 6.07) is 1.89. The van der Waals surface area contributed by atoms with Crippen LogP contribution in [-0.4, -0.2) is 38.1 Å². The van der Waals surface area contributed by atoms with Gasteiger partial charge in [0.2, 0.25) is 5.91 Å². The molecule has 1 saturated heterocycles. The molecule has 5 heteroatoms. The predicted octanol–water partition coefficient (Wildman–Crippen LogP) is 0.942. The van der Waals surface area contributed by atoms with E-state index in [0.717, 1.165) is 24.5 Å². The Labute approximate surface area is 108 Å². The van der Waals surface area contributed by atoms with E-state index in [0.29, 0.717) is 5.92 Å². The average molecular weight is 248 g/mol. The van der Waals surface area contributed by atoms with Crippen LogP contribution < -0.4 is 15.5 Å². The fourth-order valence-corrected chi connectivity index (χ4v) is 2.26. The molecule has 0 spiro atoms. The summed E-state index contributed by atoms with van der Waals surface area (Å²) < 4.78 is 0. The highest BCUT2D eigenvalue weighted by Gasteiger charge is 2.29. The van der Waals surface area contributed by atoms with E-state index < -0.39 is 0 Å². The van der Waals surface area contributed by atoms with Gasteiger partial charge in [-0.25, -0.2) is 0 Å². The van der Waals surface area contributed by atoms with Crippen molar-refractivity contribution < 1.29 is 4.79 Å². The van der Waals surface area contributed by atoms with Gasteiger partial charge in [0.05, 0.1) is 23.5 Å². The molecular formula is C13H20N4O. The van der Waals surface area contributed by atoms with Crippen molar-refractivity contribution in [1.29, 1.82) is 0 Å². The van der Waals surface area contributed by atoms with E-state index in [9.17, 15) is 4.79 Å². The van der Waals surface area contributed by atoms with Gasteiger partial charge in [-0.15, -0.1) is 0 Å². The Kier molecular flexibility index (Phi) is 3.81. The van der Waals surface area contributed by atoms with E-state index in [1.54, 1.807) is 12.4 Å². The van der Waals surface area contributed by atoms with Gasteiger partial charge in [0.25, 0.3) is 0 Å². The van der Waals surface area contributed by atoms with Crippen LogP contribution in [0.5, 0.6) is 0 Å². The van der Waals surface area contributed by atoms with Gasteiger partial charge in [-0.3, -0.25) is 9.78 Å². The fourth-order valence-electron chi connectivity index (χ4n) is 2.26. The van der Waals surface area contributed by atoms with Crippen LogP contribution >= 0.6 is 0 Å². The lowest BCUT2D eigenvalue weighted by Crippen LogP contribution is -2.28. The van der Waals surface area contributed by atoms with E-state index >= 15 is 0 Å². The van der Waals surface area contributed by atoms with Crippen molar-refractivity contribution in [3.63, 3.8) is 0 Å². The Morgan fingerprint density at radius 1 is 1.50 bits per heavy atom. The van der Waals surface area contributed by atoms with E-state index in [1.165, 1.54) is 0 Å². The molecule has 0 saturated carbocycles. The lowest BCUT2D eigenvalue weighted by molar-refractivity contribution is -0.120. The number of hydrogen-bond donors (Lipinski definition) is 2. The zero-order valence-corrected chi connectivity index (χ0v) is 11.1. The van der Waals surface area contributed by atoms with Gasteiger partial charge in [-0.2, -0.15) is 0 Å². The highest BCUT2D eigenvalue weighted by Crippen LogP contribution is 2.24. The molecule has 2 heterocycles. The van der Waals surface area contributed by atoms with E-state index in [4.69, 9.17) is 0 Å². The Balaban J connectivity index is 2.11. The standard InChI is InChI=1S/C13H20N4O/c1-9-6-15-7-10(9)13(18)16-11-8-14-5-4-12(11)17(2)3/h4-5,8-10,15H,6-7H2,1-3H3,(H,16,18)/t9-,10-/m1/s1. The topological polar surface area (TPSA) is 57.3 Å². The van der Waals surface area contributed by atoms with E-state index in [1.807, 2.05) is 25.1 Å². The van der Waals surface area contributed by atoms with Gasteiger partial charge in [0, 0.05) is 26.8 Å². The van der Waals surface area contributed by atoms with Gasteiger partial charge in [-0.1, -0.05) is 6.92 Å². The second-order valence-electron chi connectivity index (χ2n) is 5.02. The maximum absolute atomic E-state index is 12.2. The molecule has 5 nitrogen and oxygen atoms in total. The van der Waals surface area contributed by atoms with Crippen molar-refractivity contribution in [3.05, 3.63) is 18.5 Å². The quantitative estimate of drug-likeness (QED) is 0.836. The molecule has 1 aromatic heterocycles. The van der Waals surface area contributed by atoms with Crippen LogP contribution in [0.25, 0.3) is 0 Å². The van der Waals surface area contributed by atoms with Crippen LogP contribution in [0.1, 0.15) is 6.92 Å². The normalized spacial score (nSPS) is 22.8. The number of nitrogens with one attached hydrogen (secondary N) is 2. The smallest absolute Gasteiger partial charge is 0.229 e. The third kappa shape index (κ3) is 2.61. The monoisotopic (exact) mass is 248 g/mol. The summed E-state index contributed by atoms with van der Waals surface area (Å²) in [7, 11) is 3.90. The van der Waals surface area contributed by atoms with Crippen LogP contribution in [0.15, 0.2) is 18.5 Å². The molecule has 0 radical (unpaired) electrons. The van der Waals surface area contributed by atoms with Gasteiger partial charge < -0.3 is 15.5 Å². The molecule has 1 amide bonds. The average Bonchev–Trinajstić information content (AvgIpc) is 2.76. The minimum absolute atomic E-state index is 0.0419. The summed E-state index contributed by atoms with van der Waals surface area (Å²) in [5, 5.41) is 6.22. The number of pyridine rings is 1. The number of aromatic nitrogens is 1. The second-order valence-corrected chi connectivity index (χ2v) is 5.02. The van der Waals surface area contributed by atoms with E-state index in [-0.39, 0.29) is 11.8 Å². The largest absolute Gasteiger partial charge is 0.376 e. The lowest BCUT2D eigenvalue weighted by atomic mass is 9.97. The third-order valence-electron chi connectivity index (χ3n) is 3.39. The second kappa shape index (κ2) is 5.35. The summed E-state index contributed by atoms with van der Waals surface area (Å²) in [4.78, 5) is 18.2. The van der Waals surface area contributed by atoms with Crippen LogP contribution in [0.2, 0.25) is 0 Å². The van der Waals surface area contributed by atoms with Crippen molar-refractivity contribution in [2.24, 2.45) is 11.8 Å². The predicted molar refractivity (Wildman–Crippen MR) is 72.7 cm³/mol. The Morgan fingerprint density at radius 3 is 2.89 bits per heavy atom. The van der Waals surface area contributed by atoms with Gasteiger partial charge in [0.15, 0.2) is 0 Å². The van der Waals surface area contributed by atoms with Crippen LogP contribution in [0, 0.1) is 11.8 Å². The molecule has 1 fully saturated rings. The van der Waals surface area contributed by atoms with Gasteiger partial charge >= 0.3 is 0 Å². The fraction of sp³-hybridized carbons (Fsp3) is 0.538. The van der Waals surface area contributed by atoms with Crippen molar-refractivity contribution in [2.75, 3.05) is 37.4 Å². The highest BCUT2D eigenvalue weighted by atomic mass is 16.2. The first-order chi connectivity index (χ1) is 8.59. The molecule has 0 unspecified atom stereocenters. The van der Waals surface area contributed by atoms with E-state index in [2.05, 4.69) is 22.5 Å². The SMILES string of the molecule is C[C@@H]1CNC[C@H]1C(=O)Nc1cnccc1N(C)C. The Hall–Kier alpha value is -1.62. The molecule has 1 aliphatic heterocycles. The number of rotatable bonds is 3. The first kappa shape index (κ1) is 12.8. The molecule has 1 aromatic rings. The minimum Gasteiger partial charge on any atom is -0.376 e. The number of carbonyl (C=O) groups excluding carboxylic acids is 1. The summed E-state index contributed by atoms with van der Waals surface area (Å²) in [6.45, 7) is 3.76. The highest BCUT2D eigenvalue weighted by molar-refractivity contribution is 5.96. The van der Waals surface area contributed by atoms with Crippen molar-refractivity contribution in [1.82, 2.24) is 10.3 Å². The zero-order valence-electron chi connectivity index (χ0n) is 11.1. The van der Waals surface area contributed by atoms with Crippen LogP contribution in [0.4, 0.5) is 11.4 Å². The molecule has 0 aromatic carbocycles. The first-order valence-corrected chi connectivity index (χ1v) is 6.22. The summed E-state index contributed by atoms with van der Waals surface area (Å²) in [5.74, 6) is 0.494. The van der Waals surface area contributed by atoms with Crippen molar-refractivity contribution in [3.8, 4) is 0 Å². The molecule has 2 N–H and O–H groups in total. The zero-order chi connectivity index (χ0) is 13.1. The first-order valence-electron chi connectivity index (χ1n) is 6.22. The molecule has 1 aliphatic rings. The molecule has 2 rings (SSSR count). The number of carbonyl (C=O) groups is 1. The maximum atomic E-state index is 12.2. The van der Waals surface area contributed by atoms with Crippen molar-refractivity contribution >= 4 is 17.3 Å². The van der Waals surface area contributed by atoms with Crippen LogP contribution in [-0.2, 0) is 4.79 Å². The van der Waals surface area contributed by atoms with Gasteiger partial charge in [-0.05, 0) is 18.5 Å². The maximum Gasteiger partial charge on any atom is 0.229 e. The van der Waals surface area contributed by atoms with Crippen LogP contribution in [0.3, 0.4) is 0 Å². The molecule has 2 atom stereocenters. The molecule has 0 aliphatic carbocycles. The number of amides is 1. The summed E-state index contributed by atoms with van der Waals surface area (Å²) in [5.41, 5.74) is 1.74. The number of nitrogens with zero attached hydrogens (tertiary/aromatic N) is 2. The summed E-state index contributed by atoms with van der Waals surface area (Å²) >= 11 is 0. The van der Waals surface area contributed by atoms with Gasteiger partial charge in [0.1, 0.15) is 0 Å². The van der Waals surface area contributed by atoms with Crippen molar-refractivity contribution in [2.45, 2.75) is 6.92 Å². The molecule has 0 bridgehead atoms. The Morgan fingerprint density at radius 2 is 2.28 bits per heavy atom. The summed E-state index contributed by atoms with van der Waals surface area (Å²) in [6.07, 6.45) is 3.42. The molecular weight excluding hydrogens is 228 g/mol. The number of anilines is 2. The third-order valence-corrected chi connectivity index (χ3v) is 3.39.